The number of carbonyl (C=O) groups excluding carboxylic acids is 1. The Balaban J connectivity index is 1.26. The standard InChI is InChI=1S/C26H29ClN6O3/c1-16-23(27)31-24(26(34)30-21-5-3-4-17-14-28-11-8-20(17)21)32-25(16)33-12-9-18(10-13-33)36-19-6-7-22(35-2)29-15-19/h6-8,11,14-15,18,21H,3-5,9-10,12-13H2,1-2H3,(H,30,34). The average molecular weight is 509 g/mol. The zero-order valence-corrected chi connectivity index (χ0v) is 21.2. The van der Waals surface area contributed by atoms with Crippen molar-refractivity contribution in [3.8, 4) is 11.6 Å². The summed E-state index contributed by atoms with van der Waals surface area (Å²) in [5.41, 5.74) is 3.05. The van der Waals surface area contributed by atoms with Crippen LogP contribution in [0.1, 0.15) is 59.0 Å². The molecule has 0 radical (unpaired) electrons. The third-order valence-electron chi connectivity index (χ3n) is 6.79. The van der Waals surface area contributed by atoms with Crippen LogP contribution in [0, 0.1) is 6.92 Å². The van der Waals surface area contributed by atoms with Gasteiger partial charge in [-0.25, -0.2) is 15.0 Å². The molecule has 9 nitrogen and oxygen atoms in total. The number of aryl methyl sites for hydroxylation is 1. The van der Waals surface area contributed by atoms with Crippen molar-refractivity contribution in [3.05, 3.63) is 64.5 Å². The first-order valence-corrected chi connectivity index (χ1v) is 12.6. The van der Waals surface area contributed by atoms with Crippen molar-refractivity contribution >= 4 is 23.3 Å². The number of ether oxygens (including phenoxy) is 2. The third kappa shape index (κ3) is 5.21. The molecule has 1 unspecified atom stereocenters. The molecular weight excluding hydrogens is 480 g/mol. The molecule has 1 aliphatic heterocycles. The van der Waals surface area contributed by atoms with Gasteiger partial charge in [0, 0.05) is 50.0 Å². The number of anilines is 1. The predicted molar refractivity (Wildman–Crippen MR) is 136 cm³/mol. The van der Waals surface area contributed by atoms with Gasteiger partial charge in [0.2, 0.25) is 11.7 Å². The number of methoxy groups -OCH3 is 1. The lowest BCUT2D eigenvalue weighted by Crippen LogP contribution is -2.39. The van der Waals surface area contributed by atoms with Crippen molar-refractivity contribution in [1.82, 2.24) is 25.3 Å². The Labute approximate surface area is 215 Å². The van der Waals surface area contributed by atoms with Crippen molar-refractivity contribution in [2.45, 2.75) is 51.2 Å². The normalized spacial score (nSPS) is 17.9. The molecule has 1 saturated heterocycles. The van der Waals surface area contributed by atoms with E-state index in [4.69, 9.17) is 21.1 Å². The Kier molecular flexibility index (Phi) is 7.18. The van der Waals surface area contributed by atoms with Crippen LogP contribution in [0.15, 0.2) is 36.8 Å². The van der Waals surface area contributed by atoms with Crippen LogP contribution in [0.4, 0.5) is 5.82 Å². The van der Waals surface area contributed by atoms with E-state index in [1.807, 2.05) is 25.3 Å². The first kappa shape index (κ1) is 24.2. The number of rotatable bonds is 6. The number of amides is 1. The molecule has 4 heterocycles. The van der Waals surface area contributed by atoms with E-state index in [0.29, 0.717) is 16.9 Å². The third-order valence-corrected chi connectivity index (χ3v) is 7.16. The summed E-state index contributed by atoms with van der Waals surface area (Å²) in [6.45, 7) is 3.34. The maximum atomic E-state index is 13.2. The maximum Gasteiger partial charge on any atom is 0.289 e. The van der Waals surface area contributed by atoms with Gasteiger partial charge in [-0.3, -0.25) is 9.78 Å². The second-order valence-corrected chi connectivity index (χ2v) is 9.48. The molecule has 1 amide bonds. The summed E-state index contributed by atoms with van der Waals surface area (Å²) in [7, 11) is 1.59. The lowest BCUT2D eigenvalue weighted by Gasteiger charge is -2.34. The summed E-state index contributed by atoms with van der Waals surface area (Å²) in [5.74, 6) is 1.73. The number of carbonyl (C=O) groups is 1. The Morgan fingerprint density at radius 2 is 1.97 bits per heavy atom. The first-order chi connectivity index (χ1) is 17.5. The topological polar surface area (TPSA) is 102 Å². The minimum Gasteiger partial charge on any atom is -0.489 e. The lowest BCUT2D eigenvalue weighted by molar-refractivity contribution is 0.0922. The van der Waals surface area contributed by atoms with Crippen molar-refractivity contribution in [3.63, 3.8) is 0 Å². The summed E-state index contributed by atoms with van der Waals surface area (Å²) in [5, 5.41) is 3.40. The van der Waals surface area contributed by atoms with Gasteiger partial charge in [0.05, 0.1) is 19.3 Å². The molecule has 36 heavy (non-hydrogen) atoms. The molecule has 1 fully saturated rings. The zero-order valence-electron chi connectivity index (χ0n) is 20.4. The van der Waals surface area contributed by atoms with Gasteiger partial charge in [-0.2, -0.15) is 0 Å². The van der Waals surface area contributed by atoms with Crippen LogP contribution in [0.2, 0.25) is 5.15 Å². The number of fused-ring (bicyclic) bond motifs is 1. The minimum atomic E-state index is -0.321. The fraction of sp³-hybridized carbons (Fsp3) is 0.423. The van der Waals surface area contributed by atoms with Crippen molar-refractivity contribution < 1.29 is 14.3 Å². The van der Waals surface area contributed by atoms with Gasteiger partial charge in [-0.05, 0) is 49.4 Å². The number of piperidine rings is 1. The van der Waals surface area contributed by atoms with E-state index < -0.39 is 0 Å². The van der Waals surface area contributed by atoms with Gasteiger partial charge in [-0.1, -0.05) is 11.6 Å². The SMILES string of the molecule is COc1ccc(OC2CCN(c3nc(C(=O)NC4CCCc5cnccc54)nc(Cl)c3C)CC2)cn1. The monoisotopic (exact) mass is 508 g/mol. The predicted octanol–water partition coefficient (Wildman–Crippen LogP) is 4.09. The van der Waals surface area contributed by atoms with E-state index in [2.05, 4.69) is 30.2 Å². The molecule has 0 bridgehead atoms. The molecule has 3 aromatic heterocycles. The maximum absolute atomic E-state index is 13.2. The molecule has 10 heteroatoms. The molecule has 1 N–H and O–H groups in total. The summed E-state index contributed by atoms with van der Waals surface area (Å²) in [6.07, 6.45) is 9.83. The van der Waals surface area contributed by atoms with Gasteiger partial charge in [0.25, 0.3) is 5.91 Å². The molecule has 1 aliphatic carbocycles. The molecule has 0 aromatic carbocycles. The van der Waals surface area contributed by atoms with E-state index in [1.165, 1.54) is 5.56 Å². The van der Waals surface area contributed by atoms with Crippen LogP contribution in [0.5, 0.6) is 11.6 Å². The summed E-state index contributed by atoms with van der Waals surface area (Å²) in [6, 6.07) is 5.53. The summed E-state index contributed by atoms with van der Waals surface area (Å²) in [4.78, 5) is 32.7. The number of nitrogens with zero attached hydrogens (tertiary/aromatic N) is 5. The highest BCUT2D eigenvalue weighted by molar-refractivity contribution is 6.30. The Hall–Kier alpha value is -3.46. The number of hydrogen-bond acceptors (Lipinski definition) is 8. The van der Waals surface area contributed by atoms with E-state index in [9.17, 15) is 4.79 Å². The van der Waals surface area contributed by atoms with Crippen molar-refractivity contribution in [1.29, 1.82) is 0 Å². The smallest absolute Gasteiger partial charge is 0.289 e. The lowest BCUT2D eigenvalue weighted by atomic mass is 9.89. The zero-order chi connectivity index (χ0) is 25.1. The molecule has 1 atom stereocenters. The number of halogens is 1. The van der Waals surface area contributed by atoms with Crippen LogP contribution in [0.25, 0.3) is 0 Å². The van der Waals surface area contributed by atoms with Crippen molar-refractivity contribution in [2.75, 3.05) is 25.1 Å². The van der Waals surface area contributed by atoms with E-state index in [-0.39, 0.29) is 23.9 Å². The molecule has 0 saturated carbocycles. The fourth-order valence-electron chi connectivity index (χ4n) is 4.83. The second-order valence-electron chi connectivity index (χ2n) is 9.12. The molecule has 2 aliphatic rings. The Morgan fingerprint density at radius 1 is 1.14 bits per heavy atom. The molecule has 0 spiro atoms. The minimum absolute atomic E-state index is 0.0673. The molecule has 188 valence electrons. The van der Waals surface area contributed by atoms with Gasteiger partial charge in [0.1, 0.15) is 22.8 Å². The van der Waals surface area contributed by atoms with E-state index in [0.717, 1.165) is 62.1 Å². The highest BCUT2D eigenvalue weighted by atomic mass is 35.5. The van der Waals surface area contributed by atoms with E-state index in [1.54, 1.807) is 25.6 Å². The number of pyridine rings is 2. The van der Waals surface area contributed by atoms with Crippen LogP contribution in [-0.4, -0.2) is 52.1 Å². The summed E-state index contributed by atoms with van der Waals surface area (Å²) >= 11 is 6.46. The number of hydrogen-bond donors (Lipinski definition) is 1. The quantitative estimate of drug-likeness (QED) is 0.497. The first-order valence-electron chi connectivity index (χ1n) is 12.2. The van der Waals surface area contributed by atoms with Gasteiger partial charge in [0.15, 0.2) is 0 Å². The molecule has 5 rings (SSSR count). The highest BCUT2D eigenvalue weighted by Gasteiger charge is 2.27. The molecular formula is C26H29ClN6O3. The Bertz CT molecular complexity index is 1230. The largest absolute Gasteiger partial charge is 0.489 e. The van der Waals surface area contributed by atoms with Crippen LogP contribution < -0.4 is 19.7 Å². The molecule has 3 aromatic rings. The highest BCUT2D eigenvalue weighted by Crippen LogP contribution is 2.30. The summed E-state index contributed by atoms with van der Waals surface area (Å²) < 4.78 is 11.2. The fourth-order valence-corrected chi connectivity index (χ4v) is 5.00. The van der Waals surface area contributed by atoms with Crippen LogP contribution >= 0.6 is 11.6 Å². The van der Waals surface area contributed by atoms with Gasteiger partial charge in [-0.15, -0.1) is 0 Å². The van der Waals surface area contributed by atoms with E-state index >= 15 is 0 Å². The van der Waals surface area contributed by atoms with Crippen LogP contribution in [0.3, 0.4) is 0 Å². The average Bonchev–Trinajstić information content (AvgIpc) is 2.91. The Morgan fingerprint density at radius 3 is 2.72 bits per heavy atom. The number of nitrogens with one attached hydrogen (secondary N) is 1. The van der Waals surface area contributed by atoms with Crippen LogP contribution in [-0.2, 0) is 6.42 Å². The van der Waals surface area contributed by atoms with Gasteiger partial charge >= 0.3 is 0 Å². The second kappa shape index (κ2) is 10.7. The number of aromatic nitrogens is 4. The van der Waals surface area contributed by atoms with Gasteiger partial charge < -0.3 is 19.7 Å². The van der Waals surface area contributed by atoms with Crippen molar-refractivity contribution in [2.24, 2.45) is 0 Å².